The fourth-order valence-electron chi connectivity index (χ4n) is 4.74. The molecule has 5 rings (SSSR count). The second-order valence-electron chi connectivity index (χ2n) is 9.46. The van der Waals surface area contributed by atoms with Gasteiger partial charge in [0, 0.05) is 18.7 Å². The highest BCUT2D eigenvalue weighted by atomic mass is 16.5. The predicted octanol–water partition coefficient (Wildman–Crippen LogP) is 4.54. The van der Waals surface area contributed by atoms with Crippen molar-refractivity contribution < 1.29 is 19.1 Å². The van der Waals surface area contributed by atoms with Crippen LogP contribution < -0.4 is 14.8 Å². The molecule has 0 aliphatic carbocycles. The summed E-state index contributed by atoms with van der Waals surface area (Å²) in [5, 5.41) is 11.4. The number of carbonyl (C=O) groups excluding carboxylic acids is 2. The number of ether oxygens (including phenoxy) is 2. The van der Waals surface area contributed by atoms with E-state index in [9.17, 15) is 9.59 Å². The Morgan fingerprint density at radius 2 is 1.54 bits per heavy atom. The Kier molecular flexibility index (Phi) is 8.54. The molecule has 208 valence electrons. The van der Waals surface area contributed by atoms with Crippen LogP contribution in [0.2, 0.25) is 0 Å². The van der Waals surface area contributed by atoms with Crippen LogP contribution in [0.5, 0.6) is 11.5 Å². The Morgan fingerprint density at radius 1 is 0.854 bits per heavy atom. The molecule has 2 amide bonds. The van der Waals surface area contributed by atoms with Gasteiger partial charge in [-0.3, -0.25) is 9.59 Å². The quantitative estimate of drug-likeness (QED) is 0.260. The second kappa shape index (κ2) is 12.8. The average molecular weight is 550 g/mol. The number of para-hydroxylation sites is 1. The minimum atomic E-state index is -1.04. The lowest BCUT2D eigenvalue weighted by molar-refractivity contribution is -0.142. The van der Waals surface area contributed by atoms with E-state index < -0.39 is 6.04 Å². The molecule has 5 aromatic rings. The number of amides is 2. The molecule has 1 atom stereocenters. The first-order valence-corrected chi connectivity index (χ1v) is 13.2. The summed E-state index contributed by atoms with van der Waals surface area (Å²) in [6, 6.07) is 30.8. The van der Waals surface area contributed by atoms with E-state index in [1.807, 2.05) is 84.9 Å². The lowest BCUT2D eigenvalue weighted by atomic mass is 10.0. The van der Waals surface area contributed by atoms with Crippen LogP contribution in [-0.2, 0) is 29.2 Å². The first kappa shape index (κ1) is 27.4. The van der Waals surface area contributed by atoms with Gasteiger partial charge in [-0.1, -0.05) is 78.0 Å². The summed E-state index contributed by atoms with van der Waals surface area (Å²) in [5.74, 6) is 0.334. The van der Waals surface area contributed by atoms with Crippen molar-refractivity contribution in [1.29, 1.82) is 0 Å². The molecule has 41 heavy (non-hydrogen) atoms. The molecule has 4 aromatic carbocycles. The molecule has 9 nitrogen and oxygen atoms in total. The Hall–Kier alpha value is -5.18. The van der Waals surface area contributed by atoms with Crippen LogP contribution in [0.25, 0.3) is 11.0 Å². The fourth-order valence-corrected chi connectivity index (χ4v) is 4.74. The summed E-state index contributed by atoms with van der Waals surface area (Å²) in [7, 11) is 3.09. The first-order valence-electron chi connectivity index (χ1n) is 13.2. The number of nitrogens with zero attached hydrogens (tertiary/aromatic N) is 4. The highest BCUT2D eigenvalue weighted by molar-refractivity contribution is 5.90. The molecule has 0 saturated carbocycles. The maximum Gasteiger partial charge on any atom is 0.247 e. The van der Waals surface area contributed by atoms with Gasteiger partial charge in [-0.2, -0.15) is 0 Å². The monoisotopic (exact) mass is 549 g/mol. The van der Waals surface area contributed by atoms with E-state index in [0.717, 1.165) is 16.6 Å². The normalized spacial score (nSPS) is 11.6. The number of rotatable bonds is 11. The molecule has 1 unspecified atom stereocenters. The van der Waals surface area contributed by atoms with Crippen LogP contribution in [0.15, 0.2) is 103 Å². The molecule has 1 aromatic heterocycles. The molecule has 9 heteroatoms. The number of methoxy groups -OCH3 is 2. The molecule has 1 N–H and O–H groups in total. The summed E-state index contributed by atoms with van der Waals surface area (Å²) < 4.78 is 12.7. The summed E-state index contributed by atoms with van der Waals surface area (Å²) in [4.78, 5) is 29.8. The highest BCUT2D eigenvalue weighted by Crippen LogP contribution is 2.34. The van der Waals surface area contributed by atoms with Crippen LogP contribution >= 0.6 is 0 Å². The SMILES string of the molecule is COc1ccc(OC)c(C(C(=O)NCc2ccccc2)N(Cc2ccccc2)C(=O)Cn2nnc3ccccc32)c1. The predicted molar refractivity (Wildman–Crippen MR) is 155 cm³/mol. The Balaban J connectivity index is 1.57. The van der Waals surface area contributed by atoms with E-state index in [1.54, 1.807) is 34.9 Å². The maximum atomic E-state index is 14.2. The molecule has 0 fully saturated rings. The third-order valence-electron chi connectivity index (χ3n) is 6.82. The molecule has 0 spiro atoms. The lowest BCUT2D eigenvalue weighted by Crippen LogP contribution is -2.44. The van der Waals surface area contributed by atoms with E-state index >= 15 is 0 Å². The largest absolute Gasteiger partial charge is 0.497 e. The van der Waals surface area contributed by atoms with E-state index in [4.69, 9.17) is 9.47 Å². The zero-order valence-electron chi connectivity index (χ0n) is 22.9. The van der Waals surface area contributed by atoms with Gasteiger partial charge in [0.1, 0.15) is 29.6 Å². The van der Waals surface area contributed by atoms with Crippen molar-refractivity contribution in [3.8, 4) is 11.5 Å². The Labute approximate surface area is 238 Å². The molecular formula is C32H31N5O4. The fraction of sp³-hybridized carbons (Fsp3) is 0.188. The van der Waals surface area contributed by atoms with E-state index in [1.165, 1.54) is 7.11 Å². The van der Waals surface area contributed by atoms with Gasteiger partial charge in [-0.15, -0.1) is 5.10 Å². The van der Waals surface area contributed by atoms with Crippen molar-refractivity contribution in [2.24, 2.45) is 0 Å². The summed E-state index contributed by atoms with van der Waals surface area (Å²) >= 11 is 0. The highest BCUT2D eigenvalue weighted by Gasteiger charge is 2.34. The summed E-state index contributed by atoms with van der Waals surface area (Å²) in [6.45, 7) is 0.363. The molecule has 1 heterocycles. The third kappa shape index (κ3) is 6.36. The van der Waals surface area contributed by atoms with Crippen molar-refractivity contribution in [3.63, 3.8) is 0 Å². The number of carbonyl (C=O) groups is 2. The number of hydrogen-bond donors (Lipinski definition) is 1. The van der Waals surface area contributed by atoms with Crippen molar-refractivity contribution >= 4 is 22.8 Å². The van der Waals surface area contributed by atoms with Crippen LogP contribution in [0.3, 0.4) is 0 Å². The van der Waals surface area contributed by atoms with Gasteiger partial charge in [0.25, 0.3) is 0 Å². The van der Waals surface area contributed by atoms with Gasteiger partial charge in [0.2, 0.25) is 11.8 Å². The minimum Gasteiger partial charge on any atom is -0.497 e. The number of aromatic nitrogens is 3. The number of benzene rings is 4. The number of fused-ring (bicyclic) bond motifs is 1. The molecule has 0 bridgehead atoms. The summed E-state index contributed by atoms with van der Waals surface area (Å²) in [6.07, 6.45) is 0. The standard InChI is InChI=1S/C32H31N5O4/c1-40-25-17-18-29(41-2)26(19-25)31(32(39)33-20-23-11-5-3-6-12-23)36(21-24-13-7-4-8-14-24)30(38)22-37-28-16-10-9-15-27(28)34-35-37/h3-19,31H,20-22H2,1-2H3,(H,33,39). The summed E-state index contributed by atoms with van der Waals surface area (Å²) in [5.41, 5.74) is 3.72. The zero-order valence-corrected chi connectivity index (χ0v) is 22.9. The van der Waals surface area contributed by atoms with Gasteiger partial charge in [0.15, 0.2) is 0 Å². The second-order valence-corrected chi connectivity index (χ2v) is 9.46. The van der Waals surface area contributed by atoms with Crippen LogP contribution in [0.1, 0.15) is 22.7 Å². The molecule has 0 aliphatic rings. The number of nitrogens with one attached hydrogen (secondary N) is 1. The maximum absolute atomic E-state index is 14.2. The van der Waals surface area contributed by atoms with Gasteiger partial charge in [-0.25, -0.2) is 4.68 Å². The molecule has 0 radical (unpaired) electrons. The van der Waals surface area contributed by atoms with Gasteiger partial charge < -0.3 is 19.7 Å². The Bertz CT molecular complexity index is 1620. The van der Waals surface area contributed by atoms with Crippen molar-refractivity contribution in [1.82, 2.24) is 25.2 Å². The smallest absolute Gasteiger partial charge is 0.247 e. The van der Waals surface area contributed by atoms with Gasteiger partial charge in [-0.05, 0) is 41.5 Å². The van der Waals surface area contributed by atoms with Crippen LogP contribution in [0, 0.1) is 0 Å². The molecule has 0 saturated heterocycles. The molecule has 0 aliphatic heterocycles. The molecular weight excluding hydrogens is 518 g/mol. The first-order chi connectivity index (χ1) is 20.1. The minimum absolute atomic E-state index is 0.109. The topological polar surface area (TPSA) is 98.6 Å². The Morgan fingerprint density at radius 3 is 2.24 bits per heavy atom. The number of hydrogen-bond acceptors (Lipinski definition) is 6. The third-order valence-corrected chi connectivity index (χ3v) is 6.82. The van der Waals surface area contributed by atoms with Crippen LogP contribution in [0.4, 0.5) is 0 Å². The van der Waals surface area contributed by atoms with Crippen molar-refractivity contribution in [2.75, 3.05) is 14.2 Å². The van der Waals surface area contributed by atoms with Gasteiger partial charge >= 0.3 is 0 Å². The van der Waals surface area contributed by atoms with Crippen molar-refractivity contribution in [2.45, 2.75) is 25.7 Å². The van der Waals surface area contributed by atoms with Crippen molar-refractivity contribution in [3.05, 3.63) is 120 Å². The lowest BCUT2D eigenvalue weighted by Gasteiger charge is -2.32. The zero-order chi connectivity index (χ0) is 28.6. The van der Waals surface area contributed by atoms with Crippen LogP contribution in [-0.4, -0.2) is 45.9 Å². The van der Waals surface area contributed by atoms with E-state index in [-0.39, 0.29) is 24.9 Å². The van der Waals surface area contributed by atoms with Gasteiger partial charge in [0.05, 0.1) is 19.7 Å². The van der Waals surface area contributed by atoms with E-state index in [2.05, 4.69) is 15.6 Å². The average Bonchev–Trinajstić information content (AvgIpc) is 3.43. The van der Waals surface area contributed by atoms with E-state index in [0.29, 0.717) is 29.1 Å².